The number of amides is 2. The van der Waals surface area contributed by atoms with Gasteiger partial charge in [0, 0.05) is 19.1 Å². The van der Waals surface area contributed by atoms with Crippen LogP contribution in [0.3, 0.4) is 0 Å². The molecule has 0 unspecified atom stereocenters. The van der Waals surface area contributed by atoms with E-state index in [1.54, 1.807) is 4.90 Å². The first kappa shape index (κ1) is 10.8. The molecule has 0 bridgehead atoms. The quantitative estimate of drug-likeness (QED) is 0.557. The largest absolute Gasteiger partial charge is 0.480 e. The Kier molecular flexibility index (Phi) is 3.70. The van der Waals surface area contributed by atoms with Gasteiger partial charge in [0.05, 0.1) is 6.54 Å². The van der Waals surface area contributed by atoms with Crippen molar-refractivity contribution < 1.29 is 14.7 Å². The highest BCUT2D eigenvalue weighted by Crippen LogP contribution is 2.09. The van der Waals surface area contributed by atoms with Crippen LogP contribution in [-0.4, -0.2) is 47.7 Å². The van der Waals surface area contributed by atoms with E-state index < -0.39 is 12.0 Å². The Morgan fingerprint density at radius 1 is 1.43 bits per heavy atom. The first-order valence-electron chi connectivity index (χ1n) is 4.59. The van der Waals surface area contributed by atoms with Crippen molar-refractivity contribution in [1.29, 1.82) is 0 Å². The molecule has 2 amide bonds. The number of primary amides is 1. The van der Waals surface area contributed by atoms with Crippen LogP contribution in [0.5, 0.6) is 0 Å². The van der Waals surface area contributed by atoms with Crippen LogP contribution >= 0.6 is 0 Å². The molecule has 1 saturated heterocycles. The molecule has 1 aliphatic rings. The van der Waals surface area contributed by atoms with E-state index in [9.17, 15) is 9.59 Å². The van der Waals surface area contributed by atoms with E-state index in [4.69, 9.17) is 10.8 Å². The molecule has 4 N–H and O–H groups in total. The smallest absolute Gasteiger partial charge is 0.317 e. The molecule has 80 valence electrons. The number of carbonyl (C=O) groups excluding carboxylic acids is 1. The predicted molar refractivity (Wildman–Crippen MR) is 49.8 cm³/mol. The number of urea groups is 1. The third-order valence-electron chi connectivity index (χ3n) is 2.35. The second-order valence-corrected chi connectivity index (χ2v) is 3.37. The number of carboxylic acid groups (broad SMARTS) is 1. The zero-order chi connectivity index (χ0) is 10.6. The zero-order valence-corrected chi connectivity index (χ0v) is 7.90. The Bertz CT molecular complexity index is 224. The summed E-state index contributed by atoms with van der Waals surface area (Å²) in [6, 6.07) is -0.219. The van der Waals surface area contributed by atoms with Crippen molar-refractivity contribution >= 4 is 12.0 Å². The highest BCUT2D eigenvalue weighted by atomic mass is 16.4. The number of aliphatic carboxylic acids is 1. The SMILES string of the molecule is NC(=O)N1CCC(NCC(=O)O)CC1. The van der Waals surface area contributed by atoms with E-state index in [1.165, 1.54) is 0 Å². The van der Waals surface area contributed by atoms with Gasteiger partial charge in [-0.3, -0.25) is 4.79 Å². The van der Waals surface area contributed by atoms with Crippen molar-refractivity contribution in [3.8, 4) is 0 Å². The minimum Gasteiger partial charge on any atom is -0.480 e. The third-order valence-corrected chi connectivity index (χ3v) is 2.35. The standard InChI is InChI=1S/C8H15N3O3/c9-8(14)11-3-1-6(2-4-11)10-5-7(12)13/h6,10H,1-5H2,(H2,9,14)(H,12,13). The van der Waals surface area contributed by atoms with Gasteiger partial charge in [0.1, 0.15) is 0 Å². The predicted octanol–water partition coefficient (Wildman–Crippen LogP) is -0.796. The molecule has 0 saturated carbocycles. The molecule has 6 heteroatoms. The van der Waals surface area contributed by atoms with Gasteiger partial charge in [0.2, 0.25) is 0 Å². The summed E-state index contributed by atoms with van der Waals surface area (Å²) in [5.41, 5.74) is 5.11. The Labute approximate surface area is 82.1 Å². The van der Waals surface area contributed by atoms with Crippen LogP contribution in [0, 0.1) is 0 Å². The van der Waals surface area contributed by atoms with Crippen molar-refractivity contribution in [2.45, 2.75) is 18.9 Å². The maximum atomic E-state index is 10.8. The molecule has 0 aromatic carbocycles. The van der Waals surface area contributed by atoms with Gasteiger partial charge in [0.15, 0.2) is 0 Å². The van der Waals surface area contributed by atoms with Crippen molar-refractivity contribution in [1.82, 2.24) is 10.2 Å². The summed E-state index contributed by atoms with van der Waals surface area (Å²) in [5, 5.41) is 11.3. The number of nitrogens with zero attached hydrogens (tertiary/aromatic N) is 1. The minimum atomic E-state index is -0.859. The maximum absolute atomic E-state index is 10.8. The molecule has 1 fully saturated rings. The van der Waals surface area contributed by atoms with Crippen LogP contribution in [0.15, 0.2) is 0 Å². The molecule has 0 aliphatic carbocycles. The molecule has 0 radical (unpaired) electrons. The topological polar surface area (TPSA) is 95.7 Å². The number of likely N-dealkylation sites (tertiary alicyclic amines) is 1. The summed E-state index contributed by atoms with van der Waals surface area (Å²) in [5.74, 6) is -0.859. The number of carboxylic acids is 1. The number of nitrogens with one attached hydrogen (secondary N) is 1. The summed E-state index contributed by atoms with van der Waals surface area (Å²) in [4.78, 5) is 22.6. The maximum Gasteiger partial charge on any atom is 0.317 e. The number of hydrogen-bond donors (Lipinski definition) is 3. The lowest BCUT2D eigenvalue weighted by atomic mass is 10.1. The Morgan fingerprint density at radius 2 is 2.00 bits per heavy atom. The number of nitrogens with two attached hydrogens (primary N) is 1. The molecule has 0 aromatic rings. The molecule has 1 heterocycles. The van der Waals surface area contributed by atoms with Crippen molar-refractivity contribution in [2.24, 2.45) is 5.73 Å². The Hall–Kier alpha value is -1.30. The summed E-state index contributed by atoms with van der Waals surface area (Å²) in [6.45, 7) is 1.18. The summed E-state index contributed by atoms with van der Waals surface area (Å²) in [7, 11) is 0. The van der Waals surface area contributed by atoms with Crippen molar-refractivity contribution in [2.75, 3.05) is 19.6 Å². The lowest BCUT2D eigenvalue weighted by Gasteiger charge is -2.30. The first-order valence-corrected chi connectivity index (χ1v) is 4.59. The van der Waals surface area contributed by atoms with Gasteiger partial charge in [0.25, 0.3) is 0 Å². The van der Waals surface area contributed by atoms with Gasteiger partial charge < -0.3 is 21.1 Å². The van der Waals surface area contributed by atoms with Gasteiger partial charge in [-0.05, 0) is 12.8 Å². The van der Waals surface area contributed by atoms with Gasteiger partial charge in [-0.2, -0.15) is 0 Å². The monoisotopic (exact) mass is 201 g/mol. The summed E-state index contributed by atoms with van der Waals surface area (Å²) < 4.78 is 0. The molecule has 0 aromatic heterocycles. The third kappa shape index (κ3) is 3.21. The van der Waals surface area contributed by atoms with Crippen LogP contribution in [-0.2, 0) is 4.79 Å². The van der Waals surface area contributed by atoms with Gasteiger partial charge in [-0.1, -0.05) is 0 Å². The lowest BCUT2D eigenvalue weighted by Crippen LogP contribution is -2.47. The lowest BCUT2D eigenvalue weighted by molar-refractivity contribution is -0.136. The summed E-state index contributed by atoms with van der Waals surface area (Å²) in [6.07, 6.45) is 1.52. The second-order valence-electron chi connectivity index (χ2n) is 3.37. The molecule has 0 spiro atoms. The van der Waals surface area contributed by atoms with Crippen molar-refractivity contribution in [3.63, 3.8) is 0 Å². The van der Waals surface area contributed by atoms with Gasteiger partial charge in [-0.15, -0.1) is 0 Å². The molecule has 6 nitrogen and oxygen atoms in total. The average Bonchev–Trinajstić information content (AvgIpc) is 2.15. The Morgan fingerprint density at radius 3 is 2.43 bits per heavy atom. The van der Waals surface area contributed by atoms with Crippen LogP contribution in [0.1, 0.15) is 12.8 Å². The van der Waals surface area contributed by atoms with Gasteiger partial charge >= 0.3 is 12.0 Å². The molecular weight excluding hydrogens is 186 g/mol. The molecular formula is C8H15N3O3. The fourth-order valence-corrected chi connectivity index (χ4v) is 1.54. The number of rotatable bonds is 3. The first-order chi connectivity index (χ1) is 6.59. The van der Waals surface area contributed by atoms with E-state index in [1.807, 2.05) is 0 Å². The molecule has 0 atom stereocenters. The fourth-order valence-electron chi connectivity index (χ4n) is 1.54. The number of piperidine rings is 1. The Balaban J connectivity index is 2.22. The zero-order valence-electron chi connectivity index (χ0n) is 7.90. The van der Waals surface area contributed by atoms with Crippen LogP contribution in [0.25, 0.3) is 0 Å². The molecule has 1 aliphatic heterocycles. The fraction of sp³-hybridized carbons (Fsp3) is 0.750. The van der Waals surface area contributed by atoms with Crippen LogP contribution in [0.2, 0.25) is 0 Å². The highest BCUT2D eigenvalue weighted by Gasteiger charge is 2.20. The van der Waals surface area contributed by atoms with E-state index in [0.717, 1.165) is 12.8 Å². The van der Waals surface area contributed by atoms with E-state index in [0.29, 0.717) is 13.1 Å². The highest BCUT2D eigenvalue weighted by molar-refractivity contribution is 5.72. The summed E-state index contributed by atoms with van der Waals surface area (Å²) >= 11 is 0. The minimum absolute atomic E-state index is 0.0265. The normalized spacial score (nSPS) is 18.1. The number of carbonyl (C=O) groups is 2. The van der Waals surface area contributed by atoms with Crippen LogP contribution in [0.4, 0.5) is 4.79 Å². The molecule has 14 heavy (non-hydrogen) atoms. The van der Waals surface area contributed by atoms with E-state index in [2.05, 4.69) is 5.32 Å². The van der Waals surface area contributed by atoms with Crippen LogP contribution < -0.4 is 11.1 Å². The van der Waals surface area contributed by atoms with Gasteiger partial charge in [-0.25, -0.2) is 4.79 Å². The molecule has 1 rings (SSSR count). The van der Waals surface area contributed by atoms with Crippen molar-refractivity contribution in [3.05, 3.63) is 0 Å². The van der Waals surface area contributed by atoms with E-state index in [-0.39, 0.29) is 12.6 Å². The second kappa shape index (κ2) is 4.80. The van der Waals surface area contributed by atoms with E-state index >= 15 is 0 Å². The average molecular weight is 201 g/mol. The number of hydrogen-bond acceptors (Lipinski definition) is 3.